The molecule has 0 aromatic heterocycles. The normalized spacial score (nSPS) is 24.8. The molecule has 172 valence electrons. The van der Waals surface area contributed by atoms with Gasteiger partial charge in [-0.15, -0.1) is 0 Å². The molecule has 1 amide bonds. The summed E-state index contributed by atoms with van der Waals surface area (Å²) < 4.78 is 11.9. The standard InChI is InChI=1S/C26H33NO5/c1-18(29)25(2)16-27(24(30)15-28)14-21(25)19-9-10-22(31-3)23(13-19)32-17-26(11-12-26)20-7-5-4-6-8-20/h4-10,13,18,21,28-29H,11-12,14-17H2,1-3H3/t18-,21+,25+/m1/s1. The lowest BCUT2D eigenvalue weighted by molar-refractivity contribution is -0.133. The molecule has 2 aromatic rings. The van der Waals surface area contributed by atoms with E-state index in [1.807, 2.05) is 31.2 Å². The van der Waals surface area contributed by atoms with Gasteiger partial charge in [0, 0.05) is 29.8 Å². The Hall–Kier alpha value is -2.57. The Morgan fingerprint density at radius 2 is 1.91 bits per heavy atom. The average Bonchev–Trinajstić information content (AvgIpc) is 3.52. The number of aliphatic hydroxyl groups is 2. The molecule has 1 saturated carbocycles. The van der Waals surface area contributed by atoms with Crippen molar-refractivity contribution >= 4 is 5.91 Å². The highest BCUT2D eigenvalue weighted by molar-refractivity contribution is 5.77. The van der Waals surface area contributed by atoms with Gasteiger partial charge in [0.2, 0.25) is 5.91 Å². The van der Waals surface area contributed by atoms with Crippen molar-refractivity contribution in [3.63, 3.8) is 0 Å². The minimum Gasteiger partial charge on any atom is -0.493 e. The second kappa shape index (κ2) is 8.75. The van der Waals surface area contributed by atoms with Gasteiger partial charge in [0.15, 0.2) is 11.5 Å². The van der Waals surface area contributed by atoms with Crippen LogP contribution >= 0.6 is 0 Å². The van der Waals surface area contributed by atoms with Gasteiger partial charge in [0.1, 0.15) is 6.61 Å². The maximum atomic E-state index is 12.2. The summed E-state index contributed by atoms with van der Waals surface area (Å²) in [4.78, 5) is 13.8. The molecule has 1 heterocycles. The van der Waals surface area contributed by atoms with Crippen LogP contribution in [0.3, 0.4) is 0 Å². The number of nitrogens with zero attached hydrogens (tertiary/aromatic N) is 1. The minimum absolute atomic E-state index is 0.0497. The zero-order valence-corrected chi connectivity index (χ0v) is 19.1. The summed E-state index contributed by atoms with van der Waals surface area (Å²) in [6.45, 7) is 4.64. The number of rotatable bonds is 8. The summed E-state index contributed by atoms with van der Waals surface area (Å²) in [5.74, 6) is 0.933. The predicted molar refractivity (Wildman–Crippen MR) is 122 cm³/mol. The number of hydrogen-bond donors (Lipinski definition) is 2. The van der Waals surface area contributed by atoms with E-state index in [0.29, 0.717) is 31.2 Å². The fraction of sp³-hybridized carbons (Fsp3) is 0.500. The summed E-state index contributed by atoms with van der Waals surface area (Å²) in [6, 6.07) is 16.3. The Balaban J connectivity index is 1.59. The zero-order chi connectivity index (χ0) is 22.9. The van der Waals surface area contributed by atoms with E-state index in [1.165, 1.54) is 5.56 Å². The zero-order valence-electron chi connectivity index (χ0n) is 19.1. The van der Waals surface area contributed by atoms with E-state index in [-0.39, 0.29) is 17.2 Å². The average molecular weight is 440 g/mol. The van der Waals surface area contributed by atoms with E-state index >= 15 is 0 Å². The lowest BCUT2D eigenvalue weighted by atomic mass is 9.72. The van der Waals surface area contributed by atoms with Crippen LogP contribution in [0.2, 0.25) is 0 Å². The number of amides is 1. The molecular formula is C26H33NO5. The number of ether oxygens (including phenoxy) is 2. The van der Waals surface area contributed by atoms with Crippen molar-refractivity contribution in [3.05, 3.63) is 59.7 Å². The second-order valence-corrected chi connectivity index (χ2v) is 9.51. The van der Waals surface area contributed by atoms with Crippen LogP contribution in [0, 0.1) is 5.41 Å². The Bertz CT molecular complexity index is 956. The molecule has 2 N–H and O–H groups in total. The van der Waals surface area contributed by atoms with Crippen LogP contribution in [0.1, 0.15) is 43.7 Å². The first-order valence-electron chi connectivity index (χ1n) is 11.3. The van der Waals surface area contributed by atoms with Gasteiger partial charge in [0.25, 0.3) is 0 Å². The number of hydrogen-bond acceptors (Lipinski definition) is 5. The third-order valence-electron chi connectivity index (χ3n) is 7.51. The van der Waals surface area contributed by atoms with Crippen molar-refractivity contribution in [1.29, 1.82) is 0 Å². The summed E-state index contributed by atoms with van der Waals surface area (Å²) in [5, 5.41) is 19.9. The van der Waals surface area contributed by atoms with E-state index in [9.17, 15) is 15.0 Å². The topological polar surface area (TPSA) is 79.2 Å². The molecule has 2 fully saturated rings. The molecule has 4 rings (SSSR count). The van der Waals surface area contributed by atoms with E-state index in [4.69, 9.17) is 9.47 Å². The lowest BCUT2D eigenvalue weighted by Gasteiger charge is -2.34. The highest BCUT2D eigenvalue weighted by Crippen LogP contribution is 2.50. The molecule has 3 atom stereocenters. The van der Waals surface area contributed by atoms with Gasteiger partial charge < -0.3 is 24.6 Å². The molecule has 2 aromatic carbocycles. The monoisotopic (exact) mass is 439 g/mol. The Morgan fingerprint density at radius 1 is 1.19 bits per heavy atom. The number of likely N-dealkylation sites (tertiary alicyclic amines) is 1. The third-order valence-corrected chi connectivity index (χ3v) is 7.51. The van der Waals surface area contributed by atoms with E-state index in [2.05, 4.69) is 24.3 Å². The fourth-order valence-electron chi connectivity index (χ4n) is 4.91. The first-order chi connectivity index (χ1) is 15.3. The summed E-state index contributed by atoms with van der Waals surface area (Å²) >= 11 is 0. The van der Waals surface area contributed by atoms with Crippen molar-refractivity contribution < 1.29 is 24.5 Å². The highest BCUT2D eigenvalue weighted by Gasteiger charge is 2.48. The van der Waals surface area contributed by atoms with E-state index in [0.717, 1.165) is 18.4 Å². The van der Waals surface area contributed by atoms with Gasteiger partial charge >= 0.3 is 0 Å². The second-order valence-electron chi connectivity index (χ2n) is 9.51. The number of carbonyl (C=O) groups is 1. The van der Waals surface area contributed by atoms with Crippen molar-refractivity contribution in [2.45, 2.75) is 44.1 Å². The third kappa shape index (κ3) is 4.09. The molecule has 0 unspecified atom stereocenters. The number of aliphatic hydroxyl groups excluding tert-OH is 2. The van der Waals surface area contributed by atoms with Gasteiger partial charge in [-0.2, -0.15) is 0 Å². The number of carbonyl (C=O) groups excluding carboxylic acids is 1. The quantitative estimate of drug-likeness (QED) is 0.661. The molecule has 0 radical (unpaired) electrons. The Morgan fingerprint density at radius 3 is 2.50 bits per heavy atom. The van der Waals surface area contributed by atoms with Crippen LogP contribution in [-0.4, -0.2) is 60.5 Å². The maximum Gasteiger partial charge on any atom is 0.248 e. The highest BCUT2D eigenvalue weighted by atomic mass is 16.5. The molecule has 1 aliphatic carbocycles. The molecule has 2 aliphatic rings. The van der Waals surface area contributed by atoms with Gasteiger partial charge in [-0.1, -0.05) is 43.3 Å². The van der Waals surface area contributed by atoms with Gasteiger partial charge in [0.05, 0.1) is 19.8 Å². The van der Waals surface area contributed by atoms with Crippen LogP contribution in [-0.2, 0) is 10.2 Å². The molecule has 0 spiro atoms. The molecule has 6 heteroatoms. The van der Waals surface area contributed by atoms with E-state index < -0.39 is 18.1 Å². The molecule has 32 heavy (non-hydrogen) atoms. The summed E-state index contributed by atoms with van der Waals surface area (Å²) in [5.41, 5.74) is 1.81. The van der Waals surface area contributed by atoms with Crippen LogP contribution < -0.4 is 9.47 Å². The first kappa shape index (κ1) is 22.6. The first-order valence-corrected chi connectivity index (χ1v) is 11.3. The SMILES string of the molecule is COc1ccc([C@@H]2CN(C(=O)CO)C[C@@]2(C)[C@@H](C)O)cc1OCC1(c2ccccc2)CC1. The predicted octanol–water partition coefficient (Wildman–Crippen LogP) is 3.11. The summed E-state index contributed by atoms with van der Waals surface area (Å²) in [7, 11) is 1.63. The number of benzene rings is 2. The smallest absolute Gasteiger partial charge is 0.248 e. The molecule has 6 nitrogen and oxygen atoms in total. The Kier molecular flexibility index (Phi) is 6.19. The summed E-state index contributed by atoms with van der Waals surface area (Å²) in [6.07, 6.45) is 1.57. The maximum absolute atomic E-state index is 12.2. The van der Waals surface area contributed by atoms with Crippen molar-refractivity contribution in [2.24, 2.45) is 5.41 Å². The molecule has 1 aliphatic heterocycles. The van der Waals surface area contributed by atoms with Gasteiger partial charge in [-0.05, 0) is 43.0 Å². The largest absolute Gasteiger partial charge is 0.493 e. The van der Waals surface area contributed by atoms with Crippen LogP contribution in [0.4, 0.5) is 0 Å². The van der Waals surface area contributed by atoms with Crippen molar-refractivity contribution in [1.82, 2.24) is 4.90 Å². The van der Waals surface area contributed by atoms with Gasteiger partial charge in [-0.25, -0.2) is 0 Å². The molecular weight excluding hydrogens is 406 g/mol. The minimum atomic E-state index is -0.622. The Labute approximate surface area is 189 Å². The van der Waals surface area contributed by atoms with Crippen LogP contribution in [0.15, 0.2) is 48.5 Å². The van der Waals surface area contributed by atoms with Crippen molar-refractivity contribution in [3.8, 4) is 11.5 Å². The number of methoxy groups -OCH3 is 1. The molecule has 0 bridgehead atoms. The van der Waals surface area contributed by atoms with Crippen molar-refractivity contribution in [2.75, 3.05) is 33.4 Å². The fourth-order valence-corrected chi connectivity index (χ4v) is 4.91. The van der Waals surface area contributed by atoms with Crippen LogP contribution in [0.5, 0.6) is 11.5 Å². The van der Waals surface area contributed by atoms with Crippen LogP contribution in [0.25, 0.3) is 0 Å². The van der Waals surface area contributed by atoms with E-state index in [1.54, 1.807) is 18.9 Å². The lowest BCUT2D eigenvalue weighted by Crippen LogP contribution is -2.38. The van der Waals surface area contributed by atoms with Gasteiger partial charge in [-0.3, -0.25) is 4.79 Å². The molecule has 1 saturated heterocycles.